The molecule has 0 bridgehead atoms. The second-order valence-electron chi connectivity index (χ2n) is 5.93. The lowest BCUT2D eigenvalue weighted by molar-refractivity contribution is -0.116. The number of rotatable bonds is 6. The maximum atomic E-state index is 11.9. The number of halogens is 2. The van der Waals surface area contributed by atoms with Gasteiger partial charge in [0.2, 0.25) is 5.91 Å². The second kappa shape index (κ2) is 8.45. The number of benzene rings is 1. The number of hydrogen-bond donors (Lipinski definition) is 1. The Bertz CT molecular complexity index is 481. The van der Waals surface area contributed by atoms with Gasteiger partial charge in [-0.3, -0.25) is 4.79 Å². The number of nitrogens with one attached hydrogen (secondary N) is 1. The first-order valence-electron chi connectivity index (χ1n) is 7.21. The molecule has 2 nitrogen and oxygen atoms in total. The standard InChI is InChI=1S/C17H23Cl2NO/c1-11(2)16(12(3)4)10-20-17(21)6-5-13-7-14(18)9-15(19)8-13/h5-9,11-12,16H,10H2,1-4H3,(H,20,21)/b6-5+. The third kappa shape index (κ3) is 6.54. The Labute approximate surface area is 137 Å². The fourth-order valence-electron chi connectivity index (χ4n) is 2.36. The normalized spacial score (nSPS) is 11.9. The minimum atomic E-state index is -0.0996. The maximum absolute atomic E-state index is 11.9. The summed E-state index contributed by atoms with van der Waals surface area (Å²) in [5, 5.41) is 4.07. The van der Waals surface area contributed by atoms with Crippen molar-refractivity contribution in [3.8, 4) is 0 Å². The zero-order chi connectivity index (χ0) is 16.0. The Morgan fingerprint density at radius 2 is 1.62 bits per heavy atom. The highest BCUT2D eigenvalue weighted by atomic mass is 35.5. The summed E-state index contributed by atoms with van der Waals surface area (Å²) in [5.74, 6) is 1.46. The average Bonchev–Trinajstić information content (AvgIpc) is 2.34. The van der Waals surface area contributed by atoms with Gasteiger partial charge in [0.25, 0.3) is 0 Å². The summed E-state index contributed by atoms with van der Waals surface area (Å²) < 4.78 is 0. The first-order chi connectivity index (χ1) is 9.79. The Hall–Kier alpha value is -0.990. The summed E-state index contributed by atoms with van der Waals surface area (Å²) in [6.45, 7) is 9.41. The van der Waals surface area contributed by atoms with Crippen LogP contribution in [-0.2, 0) is 4.79 Å². The first kappa shape index (κ1) is 18.1. The van der Waals surface area contributed by atoms with Crippen molar-refractivity contribution in [2.45, 2.75) is 27.7 Å². The summed E-state index contributed by atoms with van der Waals surface area (Å²) in [6.07, 6.45) is 3.23. The van der Waals surface area contributed by atoms with E-state index in [0.717, 1.165) is 5.56 Å². The molecule has 0 spiro atoms. The molecule has 0 aliphatic rings. The molecule has 116 valence electrons. The number of carbonyl (C=O) groups is 1. The van der Waals surface area contributed by atoms with Crippen molar-refractivity contribution in [3.63, 3.8) is 0 Å². The Balaban J connectivity index is 2.58. The molecule has 1 aromatic rings. The minimum absolute atomic E-state index is 0.0996. The number of carbonyl (C=O) groups excluding carboxylic acids is 1. The van der Waals surface area contributed by atoms with Crippen LogP contribution in [0.25, 0.3) is 6.08 Å². The Kier molecular flexibility index (Phi) is 7.27. The molecule has 1 N–H and O–H groups in total. The molecule has 0 saturated heterocycles. The van der Waals surface area contributed by atoms with E-state index in [1.807, 2.05) is 0 Å². The fraction of sp³-hybridized carbons (Fsp3) is 0.471. The molecule has 0 heterocycles. The molecule has 0 fully saturated rings. The van der Waals surface area contributed by atoms with Crippen molar-refractivity contribution in [2.24, 2.45) is 17.8 Å². The van der Waals surface area contributed by atoms with Crippen molar-refractivity contribution < 1.29 is 4.79 Å². The van der Waals surface area contributed by atoms with E-state index in [2.05, 4.69) is 33.0 Å². The molecule has 0 saturated carbocycles. The van der Waals surface area contributed by atoms with Gasteiger partial charge in [0.1, 0.15) is 0 Å². The van der Waals surface area contributed by atoms with Crippen LogP contribution in [0.5, 0.6) is 0 Å². The lowest BCUT2D eigenvalue weighted by Gasteiger charge is -2.24. The van der Waals surface area contributed by atoms with Crippen LogP contribution >= 0.6 is 23.2 Å². The van der Waals surface area contributed by atoms with E-state index in [1.165, 1.54) is 6.08 Å². The van der Waals surface area contributed by atoms with Gasteiger partial charge in [0, 0.05) is 22.7 Å². The molecule has 4 heteroatoms. The van der Waals surface area contributed by atoms with E-state index in [9.17, 15) is 4.79 Å². The minimum Gasteiger partial charge on any atom is -0.352 e. The van der Waals surface area contributed by atoms with Crippen LogP contribution in [0.3, 0.4) is 0 Å². The zero-order valence-corrected chi connectivity index (χ0v) is 14.5. The summed E-state index contributed by atoms with van der Waals surface area (Å²) in [4.78, 5) is 11.9. The summed E-state index contributed by atoms with van der Waals surface area (Å²) in [6, 6.07) is 5.20. The number of hydrogen-bond acceptors (Lipinski definition) is 1. The third-order valence-corrected chi connectivity index (χ3v) is 3.97. The average molecular weight is 328 g/mol. The quantitative estimate of drug-likeness (QED) is 0.727. The largest absolute Gasteiger partial charge is 0.352 e. The summed E-state index contributed by atoms with van der Waals surface area (Å²) >= 11 is 11.8. The first-order valence-corrected chi connectivity index (χ1v) is 7.97. The van der Waals surface area contributed by atoms with E-state index in [4.69, 9.17) is 23.2 Å². The molecule has 21 heavy (non-hydrogen) atoms. The Morgan fingerprint density at radius 1 is 1.10 bits per heavy atom. The third-order valence-electron chi connectivity index (χ3n) is 3.54. The van der Waals surface area contributed by atoms with Crippen molar-refractivity contribution in [1.82, 2.24) is 5.32 Å². The van der Waals surface area contributed by atoms with Crippen LogP contribution in [0.2, 0.25) is 10.0 Å². The molecule has 0 atom stereocenters. The van der Waals surface area contributed by atoms with E-state index >= 15 is 0 Å². The summed E-state index contributed by atoms with van der Waals surface area (Å²) in [5.41, 5.74) is 0.812. The number of amides is 1. The van der Waals surface area contributed by atoms with Gasteiger partial charge >= 0.3 is 0 Å². The van der Waals surface area contributed by atoms with Crippen molar-refractivity contribution in [2.75, 3.05) is 6.54 Å². The molecule has 0 radical (unpaired) electrons. The zero-order valence-electron chi connectivity index (χ0n) is 13.0. The molecular weight excluding hydrogens is 305 g/mol. The van der Waals surface area contributed by atoms with Crippen molar-refractivity contribution in [1.29, 1.82) is 0 Å². The molecule has 0 aliphatic carbocycles. The van der Waals surface area contributed by atoms with E-state index in [-0.39, 0.29) is 5.91 Å². The highest BCUT2D eigenvalue weighted by molar-refractivity contribution is 6.34. The fourth-order valence-corrected chi connectivity index (χ4v) is 2.90. The van der Waals surface area contributed by atoms with E-state index < -0.39 is 0 Å². The van der Waals surface area contributed by atoms with Crippen molar-refractivity contribution >= 4 is 35.2 Å². The van der Waals surface area contributed by atoms with Gasteiger partial charge < -0.3 is 5.32 Å². The van der Waals surface area contributed by atoms with Gasteiger partial charge in [-0.1, -0.05) is 50.9 Å². The van der Waals surface area contributed by atoms with E-state index in [0.29, 0.717) is 34.3 Å². The van der Waals surface area contributed by atoms with Crippen LogP contribution in [0, 0.1) is 17.8 Å². The lowest BCUT2D eigenvalue weighted by Crippen LogP contribution is -2.32. The van der Waals surface area contributed by atoms with Crippen molar-refractivity contribution in [3.05, 3.63) is 39.9 Å². The maximum Gasteiger partial charge on any atom is 0.244 e. The molecule has 1 rings (SSSR count). The van der Waals surface area contributed by atoms with Crippen LogP contribution in [0.4, 0.5) is 0 Å². The highest BCUT2D eigenvalue weighted by Crippen LogP contribution is 2.20. The van der Waals surface area contributed by atoms with Crippen LogP contribution in [0.1, 0.15) is 33.3 Å². The molecule has 0 unspecified atom stereocenters. The second-order valence-corrected chi connectivity index (χ2v) is 6.81. The molecule has 1 amide bonds. The smallest absolute Gasteiger partial charge is 0.244 e. The van der Waals surface area contributed by atoms with Gasteiger partial charge in [-0.15, -0.1) is 0 Å². The van der Waals surface area contributed by atoms with Gasteiger partial charge in [-0.05, 0) is 47.6 Å². The predicted octanol–water partition coefficient (Wildman–Crippen LogP) is 5.05. The van der Waals surface area contributed by atoms with Gasteiger partial charge in [0.15, 0.2) is 0 Å². The monoisotopic (exact) mass is 327 g/mol. The predicted molar refractivity (Wildman–Crippen MR) is 91.7 cm³/mol. The van der Waals surface area contributed by atoms with Gasteiger partial charge in [-0.25, -0.2) is 0 Å². The SMILES string of the molecule is CC(C)C(CNC(=O)/C=C/c1cc(Cl)cc(Cl)c1)C(C)C. The van der Waals surface area contributed by atoms with Crippen LogP contribution < -0.4 is 5.32 Å². The van der Waals surface area contributed by atoms with Gasteiger partial charge in [-0.2, -0.15) is 0 Å². The summed E-state index contributed by atoms with van der Waals surface area (Å²) in [7, 11) is 0. The van der Waals surface area contributed by atoms with Crippen LogP contribution in [-0.4, -0.2) is 12.5 Å². The van der Waals surface area contributed by atoms with Crippen LogP contribution in [0.15, 0.2) is 24.3 Å². The molecule has 0 aromatic heterocycles. The van der Waals surface area contributed by atoms with E-state index in [1.54, 1.807) is 24.3 Å². The molecular formula is C17H23Cl2NO. The highest BCUT2D eigenvalue weighted by Gasteiger charge is 2.17. The topological polar surface area (TPSA) is 29.1 Å². The lowest BCUT2D eigenvalue weighted by atomic mass is 9.85. The Morgan fingerprint density at radius 3 is 2.10 bits per heavy atom. The molecule has 1 aromatic carbocycles. The molecule has 0 aliphatic heterocycles. The van der Waals surface area contributed by atoms with Gasteiger partial charge in [0.05, 0.1) is 0 Å².